The van der Waals surface area contributed by atoms with Gasteiger partial charge in [-0.2, -0.15) is 4.68 Å². The number of ether oxygens (including phenoxy) is 1. The van der Waals surface area contributed by atoms with Gasteiger partial charge in [0.25, 0.3) is 0 Å². The van der Waals surface area contributed by atoms with Gasteiger partial charge in [0.2, 0.25) is 0 Å². The summed E-state index contributed by atoms with van der Waals surface area (Å²) in [5, 5.41) is 14.5. The van der Waals surface area contributed by atoms with Crippen LogP contribution >= 0.6 is 0 Å². The van der Waals surface area contributed by atoms with Crippen molar-refractivity contribution in [1.82, 2.24) is 9.78 Å². The molecule has 1 aromatic heterocycles. The molecule has 1 aromatic rings. The molecule has 1 atom stereocenters. The summed E-state index contributed by atoms with van der Waals surface area (Å²) in [6, 6.07) is 0.704. The summed E-state index contributed by atoms with van der Waals surface area (Å²) in [4.78, 5) is 21.5. The first kappa shape index (κ1) is 13.1. The van der Waals surface area contributed by atoms with Crippen molar-refractivity contribution in [3.63, 3.8) is 0 Å². The molecule has 0 aliphatic carbocycles. The quantitative estimate of drug-likeness (QED) is 0.454. The average molecular weight is 241 g/mol. The van der Waals surface area contributed by atoms with Gasteiger partial charge in [0, 0.05) is 0 Å². The van der Waals surface area contributed by atoms with Crippen LogP contribution in [-0.2, 0) is 9.53 Å². The summed E-state index contributed by atoms with van der Waals surface area (Å²) in [7, 11) is 1.27. The zero-order valence-electron chi connectivity index (χ0n) is 10.2. The maximum atomic E-state index is 11.4. The summed E-state index contributed by atoms with van der Waals surface area (Å²) < 4.78 is 5.94. The van der Waals surface area contributed by atoms with Crippen LogP contribution in [0.4, 0.5) is 5.82 Å². The molecule has 0 aliphatic rings. The van der Waals surface area contributed by atoms with Gasteiger partial charge in [0.1, 0.15) is 0 Å². The van der Waals surface area contributed by atoms with Crippen LogP contribution in [0.1, 0.15) is 38.4 Å². The van der Waals surface area contributed by atoms with E-state index in [9.17, 15) is 14.9 Å². The lowest BCUT2D eigenvalue weighted by molar-refractivity contribution is -0.389. The van der Waals surface area contributed by atoms with Crippen LogP contribution in [0.25, 0.3) is 0 Å². The van der Waals surface area contributed by atoms with Crippen molar-refractivity contribution in [2.24, 2.45) is 0 Å². The fourth-order valence-corrected chi connectivity index (χ4v) is 1.50. The van der Waals surface area contributed by atoms with Crippen LogP contribution in [0.15, 0.2) is 6.07 Å². The Morgan fingerprint density at radius 1 is 1.53 bits per heavy atom. The number of carbonyl (C=O) groups is 1. The van der Waals surface area contributed by atoms with Gasteiger partial charge < -0.3 is 14.9 Å². The normalized spacial score (nSPS) is 12.5. The van der Waals surface area contributed by atoms with Crippen LogP contribution in [0, 0.1) is 10.1 Å². The van der Waals surface area contributed by atoms with Gasteiger partial charge in [0.15, 0.2) is 6.04 Å². The van der Waals surface area contributed by atoms with Gasteiger partial charge in [0.05, 0.1) is 24.0 Å². The second-order valence-electron chi connectivity index (χ2n) is 3.98. The summed E-state index contributed by atoms with van der Waals surface area (Å²) >= 11 is 0. The second kappa shape index (κ2) is 4.94. The molecule has 0 aliphatic heterocycles. The number of hydrogen-bond donors (Lipinski definition) is 0. The maximum Gasteiger partial charge on any atom is 0.390 e. The first-order valence-electron chi connectivity index (χ1n) is 5.20. The highest BCUT2D eigenvalue weighted by Gasteiger charge is 2.27. The molecule has 0 amide bonds. The monoisotopic (exact) mass is 241 g/mol. The Bertz CT molecular complexity index is 439. The second-order valence-corrected chi connectivity index (χ2v) is 3.98. The number of rotatable bonds is 4. The fourth-order valence-electron chi connectivity index (χ4n) is 1.50. The van der Waals surface area contributed by atoms with Crippen molar-refractivity contribution in [3.05, 3.63) is 21.9 Å². The number of carbonyl (C=O) groups excluding carboxylic acids is 1. The fraction of sp³-hybridized carbons (Fsp3) is 0.600. The van der Waals surface area contributed by atoms with Gasteiger partial charge in [-0.25, -0.2) is 4.79 Å². The van der Waals surface area contributed by atoms with Crippen molar-refractivity contribution in [3.8, 4) is 0 Å². The highest BCUT2D eigenvalue weighted by atomic mass is 16.6. The Hall–Kier alpha value is -1.92. The van der Waals surface area contributed by atoms with Crippen molar-refractivity contribution >= 4 is 11.8 Å². The van der Waals surface area contributed by atoms with Crippen LogP contribution in [0.3, 0.4) is 0 Å². The molecule has 0 fully saturated rings. The minimum absolute atomic E-state index is 0.0308. The Labute approximate surface area is 98.5 Å². The molecular weight excluding hydrogens is 226 g/mol. The minimum Gasteiger partial charge on any atom is -0.467 e. The van der Waals surface area contributed by atoms with Crippen LogP contribution in [0.5, 0.6) is 0 Å². The van der Waals surface area contributed by atoms with Gasteiger partial charge in [-0.05, 0) is 17.8 Å². The third-order valence-electron chi connectivity index (χ3n) is 2.44. The summed E-state index contributed by atoms with van der Waals surface area (Å²) in [6.07, 6.45) is 0. The Morgan fingerprint density at radius 2 is 2.12 bits per heavy atom. The van der Waals surface area contributed by atoms with E-state index in [2.05, 4.69) is 9.84 Å². The van der Waals surface area contributed by atoms with Crippen LogP contribution in [0.2, 0.25) is 0 Å². The summed E-state index contributed by atoms with van der Waals surface area (Å²) in [6.45, 7) is 5.34. The van der Waals surface area contributed by atoms with E-state index < -0.39 is 16.9 Å². The van der Waals surface area contributed by atoms with E-state index in [-0.39, 0.29) is 11.7 Å². The third kappa shape index (κ3) is 2.61. The number of aromatic nitrogens is 2. The predicted octanol–water partition coefficient (Wildman–Crippen LogP) is 1.65. The molecule has 1 heterocycles. The lowest BCUT2D eigenvalue weighted by atomic mass is 10.1. The van der Waals surface area contributed by atoms with Gasteiger partial charge in [-0.15, -0.1) is 0 Å². The minimum atomic E-state index is -0.675. The third-order valence-corrected chi connectivity index (χ3v) is 2.44. The molecule has 0 radical (unpaired) electrons. The number of methoxy groups -OCH3 is 1. The topological polar surface area (TPSA) is 87.3 Å². The molecule has 94 valence electrons. The first-order valence-corrected chi connectivity index (χ1v) is 5.20. The van der Waals surface area contributed by atoms with Gasteiger partial charge in [-0.1, -0.05) is 13.8 Å². The molecule has 1 unspecified atom stereocenters. The Balaban J connectivity index is 3.21. The Kier molecular flexibility index (Phi) is 3.82. The van der Waals surface area contributed by atoms with Crippen molar-refractivity contribution in [2.75, 3.05) is 7.11 Å². The summed E-state index contributed by atoms with van der Waals surface area (Å²) in [5.74, 6) is -0.711. The highest BCUT2D eigenvalue weighted by molar-refractivity contribution is 5.73. The van der Waals surface area contributed by atoms with Crippen molar-refractivity contribution in [1.29, 1.82) is 0 Å². The number of nitro groups is 1. The average Bonchev–Trinajstić information content (AvgIpc) is 2.71. The zero-order valence-corrected chi connectivity index (χ0v) is 10.2. The standard InChI is InChI=1S/C10H15N3O4/c1-6(2)8-5-9(13(15)16)11-12(8)7(3)10(14)17-4/h5-7H,1-4H3. The van der Waals surface area contributed by atoms with Crippen LogP contribution < -0.4 is 0 Å². The number of esters is 1. The van der Waals surface area contributed by atoms with E-state index in [0.29, 0.717) is 5.69 Å². The molecule has 0 saturated carbocycles. The van der Waals surface area contributed by atoms with Crippen molar-refractivity contribution < 1.29 is 14.5 Å². The number of nitrogens with zero attached hydrogens (tertiary/aromatic N) is 3. The molecule has 17 heavy (non-hydrogen) atoms. The van der Waals surface area contributed by atoms with E-state index in [1.54, 1.807) is 6.92 Å². The zero-order chi connectivity index (χ0) is 13.2. The van der Waals surface area contributed by atoms with Crippen molar-refractivity contribution in [2.45, 2.75) is 32.7 Å². The maximum absolute atomic E-state index is 11.4. The predicted molar refractivity (Wildman–Crippen MR) is 59.7 cm³/mol. The van der Waals surface area contributed by atoms with Gasteiger partial charge >= 0.3 is 11.8 Å². The number of hydrogen-bond acceptors (Lipinski definition) is 5. The van der Waals surface area contributed by atoms with E-state index in [0.717, 1.165) is 0 Å². The summed E-state index contributed by atoms with van der Waals surface area (Å²) in [5.41, 5.74) is 0.634. The molecule has 7 nitrogen and oxygen atoms in total. The molecule has 0 saturated heterocycles. The lowest BCUT2D eigenvalue weighted by Gasteiger charge is -2.11. The molecule has 0 bridgehead atoms. The molecule has 1 rings (SSSR count). The van der Waals surface area contributed by atoms with Crippen LogP contribution in [-0.4, -0.2) is 27.8 Å². The molecule has 0 N–H and O–H groups in total. The van der Waals surface area contributed by atoms with E-state index in [4.69, 9.17) is 0 Å². The SMILES string of the molecule is COC(=O)C(C)n1nc([N+](=O)[O-])cc1C(C)C. The van der Waals surface area contributed by atoms with E-state index in [1.807, 2.05) is 13.8 Å². The first-order chi connectivity index (χ1) is 7.88. The largest absolute Gasteiger partial charge is 0.467 e. The highest BCUT2D eigenvalue weighted by Crippen LogP contribution is 2.23. The van der Waals surface area contributed by atoms with Gasteiger partial charge in [-0.3, -0.25) is 0 Å². The molecule has 0 spiro atoms. The van der Waals surface area contributed by atoms with E-state index >= 15 is 0 Å². The molecule has 7 heteroatoms. The smallest absolute Gasteiger partial charge is 0.390 e. The molecule has 0 aromatic carbocycles. The lowest BCUT2D eigenvalue weighted by Crippen LogP contribution is -2.21. The molecular formula is C10H15N3O4. The Morgan fingerprint density at radius 3 is 2.53 bits per heavy atom. The van der Waals surface area contributed by atoms with E-state index in [1.165, 1.54) is 17.9 Å².